The third-order valence-corrected chi connectivity index (χ3v) is 5.17. The lowest BCUT2D eigenvalue weighted by molar-refractivity contribution is -0.108. The zero-order chi connectivity index (χ0) is 22.0. The summed E-state index contributed by atoms with van der Waals surface area (Å²) in [4.78, 5) is 24.4. The highest BCUT2D eigenvalue weighted by molar-refractivity contribution is 7.20. The third kappa shape index (κ3) is 7.51. The van der Waals surface area contributed by atoms with E-state index >= 15 is 0 Å². The molecule has 0 atom stereocenters. The van der Waals surface area contributed by atoms with E-state index in [0.29, 0.717) is 29.3 Å². The predicted molar refractivity (Wildman–Crippen MR) is 119 cm³/mol. The standard InChI is InChI=1S/C17H19NO4S.C5H12O/c1-18(6-4-8-19)7-5-12-13-9-14(21-2)15(22-3)10-16(13)23-17(12)11-20;1-5(2,3)6-4/h5,7-11H,4,6H2,1-3H3;1-4H3/b7-5-;. The van der Waals surface area contributed by atoms with E-state index in [1.807, 2.05) is 57.1 Å². The summed E-state index contributed by atoms with van der Waals surface area (Å²) in [5, 5.41) is 0.940. The number of fused-ring (bicyclic) bond motifs is 1. The summed E-state index contributed by atoms with van der Waals surface area (Å²) < 4.78 is 16.5. The number of ether oxygens (including phenoxy) is 3. The molecule has 0 spiro atoms. The monoisotopic (exact) mass is 421 g/mol. The molecule has 0 fully saturated rings. The van der Waals surface area contributed by atoms with E-state index in [9.17, 15) is 9.59 Å². The van der Waals surface area contributed by atoms with Gasteiger partial charge in [0.05, 0.1) is 24.7 Å². The van der Waals surface area contributed by atoms with Gasteiger partial charge in [0, 0.05) is 48.8 Å². The van der Waals surface area contributed by atoms with Gasteiger partial charge in [-0.25, -0.2) is 0 Å². The first-order valence-electron chi connectivity index (χ1n) is 9.21. The summed E-state index contributed by atoms with van der Waals surface area (Å²) in [7, 11) is 6.76. The molecule has 1 heterocycles. The van der Waals surface area contributed by atoms with Crippen molar-refractivity contribution in [2.75, 3.05) is 34.9 Å². The Labute approximate surface area is 177 Å². The smallest absolute Gasteiger partial charge is 0.162 e. The van der Waals surface area contributed by atoms with Gasteiger partial charge in [-0.1, -0.05) is 0 Å². The Hall–Kier alpha value is -2.38. The van der Waals surface area contributed by atoms with Crippen molar-refractivity contribution in [1.29, 1.82) is 0 Å². The Bertz CT molecular complexity index is 836. The average Bonchev–Trinajstić information content (AvgIpc) is 3.05. The van der Waals surface area contributed by atoms with E-state index < -0.39 is 0 Å². The lowest BCUT2D eigenvalue weighted by Crippen LogP contribution is -2.15. The zero-order valence-electron chi connectivity index (χ0n) is 18.3. The van der Waals surface area contributed by atoms with Gasteiger partial charge >= 0.3 is 0 Å². The van der Waals surface area contributed by atoms with Crippen LogP contribution in [-0.4, -0.2) is 58.0 Å². The number of aldehydes is 2. The van der Waals surface area contributed by atoms with Crippen LogP contribution in [0.2, 0.25) is 0 Å². The molecule has 2 rings (SSSR count). The minimum Gasteiger partial charge on any atom is -0.493 e. The van der Waals surface area contributed by atoms with Gasteiger partial charge in [0.1, 0.15) is 6.29 Å². The number of hydrogen-bond donors (Lipinski definition) is 0. The zero-order valence-corrected chi connectivity index (χ0v) is 19.1. The second-order valence-electron chi connectivity index (χ2n) is 7.27. The maximum Gasteiger partial charge on any atom is 0.162 e. The van der Waals surface area contributed by atoms with Gasteiger partial charge < -0.3 is 23.9 Å². The molecule has 0 N–H and O–H groups in total. The molecular weight excluding hydrogens is 390 g/mol. The third-order valence-electron chi connectivity index (χ3n) is 4.08. The van der Waals surface area contributed by atoms with Crippen molar-refractivity contribution in [2.24, 2.45) is 0 Å². The highest BCUT2D eigenvalue weighted by atomic mass is 32.1. The number of thiophene rings is 1. The summed E-state index contributed by atoms with van der Waals surface area (Å²) in [5.74, 6) is 1.26. The molecule has 0 aliphatic rings. The average molecular weight is 422 g/mol. The van der Waals surface area contributed by atoms with E-state index in [-0.39, 0.29) is 5.60 Å². The fourth-order valence-electron chi connectivity index (χ4n) is 2.25. The Kier molecular flexibility index (Phi) is 9.85. The number of benzene rings is 1. The molecule has 0 amide bonds. The van der Waals surface area contributed by atoms with Gasteiger partial charge in [-0.05, 0) is 39.1 Å². The van der Waals surface area contributed by atoms with Crippen LogP contribution in [0, 0.1) is 0 Å². The molecule has 29 heavy (non-hydrogen) atoms. The second-order valence-corrected chi connectivity index (χ2v) is 8.35. The van der Waals surface area contributed by atoms with Crippen molar-refractivity contribution < 1.29 is 23.8 Å². The normalized spacial score (nSPS) is 11.1. The van der Waals surface area contributed by atoms with E-state index in [2.05, 4.69) is 0 Å². The van der Waals surface area contributed by atoms with E-state index in [1.54, 1.807) is 21.3 Å². The highest BCUT2D eigenvalue weighted by Gasteiger charge is 2.14. The van der Waals surface area contributed by atoms with Crippen LogP contribution < -0.4 is 9.47 Å². The molecule has 0 saturated carbocycles. The number of hydrogen-bond acceptors (Lipinski definition) is 7. The molecule has 0 unspecified atom stereocenters. The number of carbonyl (C=O) groups excluding carboxylic acids is 2. The number of methoxy groups -OCH3 is 3. The van der Waals surface area contributed by atoms with Crippen molar-refractivity contribution in [1.82, 2.24) is 4.90 Å². The van der Waals surface area contributed by atoms with Crippen molar-refractivity contribution in [2.45, 2.75) is 32.8 Å². The first-order valence-corrected chi connectivity index (χ1v) is 10.0. The van der Waals surface area contributed by atoms with Crippen LogP contribution >= 0.6 is 11.3 Å². The highest BCUT2D eigenvalue weighted by Crippen LogP contribution is 2.39. The Morgan fingerprint density at radius 1 is 1.07 bits per heavy atom. The fourth-order valence-corrected chi connectivity index (χ4v) is 3.27. The molecule has 160 valence electrons. The number of rotatable bonds is 8. The van der Waals surface area contributed by atoms with Crippen molar-refractivity contribution in [3.05, 3.63) is 28.8 Å². The molecule has 0 bridgehead atoms. The van der Waals surface area contributed by atoms with Crippen LogP contribution in [0.1, 0.15) is 42.4 Å². The minimum absolute atomic E-state index is 0.0417. The quantitative estimate of drug-likeness (QED) is 0.578. The molecule has 0 aliphatic heterocycles. The molecule has 2 aromatic rings. The first-order chi connectivity index (χ1) is 13.7. The molecule has 7 heteroatoms. The maximum absolute atomic E-state index is 11.4. The van der Waals surface area contributed by atoms with Gasteiger partial charge in [-0.15, -0.1) is 11.3 Å². The van der Waals surface area contributed by atoms with Crippen LogP contribution in [0.25, 0.3) is 16.2 Å². The lowest BCUT2D eigenvalue weighted by Gasteiger charge is -2.14. The molecule has 6 nitrogen and oxygen atoms in total. The SMILES string of the molecule is COC(C)(C)C.COc1cc2sc(C=O)c(/C=C\N(C)CCC=O)c2cc1OC. The molecule has 1 aromatic carbocycles. The van der Waals surface area contributed by atoms with Crippen LogP contribution in [-0.2, 0) is 9.53 Å². The molecule has 0 radical (unpaired) electrons. The van der Waals surface area contributed by atoms with E-state index in [1.165, 1.54) is 11.3 Å². The van der Waals surface area contributed by atoms with Crippen molar-refractivity contribution in [3.63, 3.8) is 0 Å². The van der Waals surface area contributed by atoms with Crippen LogP contribution in [0.15, 0.2) is 18.3 Å². The molecule has 0 aliphatic carbocycles. The van der Waals surface area contributed by atoms with Gasteiger partial charge in [-0.3, -0.25) is 4.79 Å². The van der Waals surface area contributed by atoms with Crippen molar-refractivity contribution >= 4 is 40.1 Å². The van der Waals surface area contributed by atoms with Crippen LogP contribution in [0.5, 0.6) is 11.5 Å². The first kappa shape index (κ1) is 24.7. The summed E-state index contributed by atoms with van der Waals surface area (Å²) in [5.41, 5.74) is 0.888. The predicted octanol–water partition coefficient (Wildman–Crippen LogP) is 4.65. The van der Waals surface area contributed by atoms with E-state index in [0.717, 1.165) is 28.2 Å². The van der Waals surface area contributed by atoms with Gasteiger partial charge in [-0.2, -0.15) is 0 Å². The largest absolute Gasteiger partial charge is 0.493 e. The Morgan fingerprint density at radius 2 is 1.66 bits per heavy atom. The fraction of sp³-hybridized carbons (Fsp3) is 0.455. The van der Waals surface area contributed by atoms with Gasteiger partial charge in [0.15, 0.2) is 17.8 Å². The van der Waals surface area contributed by atoms with Gasteiger partial charge in [0.25, 0.3) is 0 Å². The maximum atomic E-state index is 11.4. The minimum atomic E-state index is 0.0417. The van der Waals surface area contributed by atoms with Crippen molar-refractivity contribution in [3.8, 4) is 11.5 Å². The summed E-state index contributed by atoms with van der Waals surface area (Å²) >= 11 is 1.41. The van der Waals surface area contributed by atoms with Crippen LogP contribution in [0.3, 0.4) is 0 Å². The topological polar surface area (TPSA) is 65.1 Å². The lowest BCUT2D eigenvalue weighted by atomic mass is 10.1. The second kappa shape index (κ2) is 11.6. The Balaban J connectivity index is 0.000000612. The molecule has 0 saturated heterocycles. The van der Waals surface area contributed by atoms with Crippen LogP contribution in [0.4, 0.5) is 0 Å². The number of nitrogens with zero attached hydrogens (tertiary/aromatic N) is 1. The van der Waals surface area contributed by atoms with E-state index in [4.69, 9.17) is 14.2 Å². The molecule has 1 aromatic heterocycles. The summed E-state index contributed by atoms with van der Waals surface area (Å²) in [6, 6.07) is 3.75. The Morgan fingerprint density at radius 3 is 2.14 bits per heavy atom. The summed E-state index contributed by atoms with van der Waals surface area (Å²) in [6.07, 6.45) is 5.97. The summed E-state index contributed by atoms with van der Waals surface area (Å²) in [6.45, 7) is 6.70. The molecular formula is C22H31NO5S. The van der Waals surface area contributed by atoms with Gasteiger partial charge in [0.2, 0.25) is 0 Å². The number of carbonyl (C=O) groups is 2.